The number of rotatable bonds is 3. The Morgan fingerprint density at radius 2 is 1.94 bits per heavy atom. The molecule has 100 valence electrons. The van der Waals surface area contributed by atoms with Crippen LogP contribution >= 0.6 is 11.8 Å². The molecule has 17 heavy (non-hydrogen) atoms. The molecule has 0 aromatic carbocycles. The van der Waals surface area contributed by atoms with E-state index < -0.39 is 0 Å². The third-order valence-electron chi connectivity index (χ3n) is 4.10. The molecule has 0 aliphatic carbocycles. The van der Waals surface area contributed by atoms with Gasteiger partial charge in [0.15, 0.2) is 0 Å². The van der Waals surface area contributed by atoms with E-state index in [1.807, 2.05) is 0 Å². The van der Waals surface area contributed by atoms with Gasteiger partial charge in [-0.1, -0.05) is 0 Å². The third kappa shape index (κ3) is 3.18. The summed E-state index contributed by atoms with van der Waals surface area (Å²) in [6, 6.07) is 0.482. The van der Waals surface area contributed by atoms with Crippen molar-refractivity contribution in [1.29, 1.82) is 0 Å². The molecule has 2 unspecified atom stereocenters. The fraction of sp³-hybridized carbons (Fsp3) is 1.00. The highest BCUT2D eigenvalue weighted by Crippen LogP contribution is 2.40. The number of thioether (sulfide) groups is 1. The zero-order valence-corrected chi connectivity index (χ0v) is 12.7. The molecule has 2 nitrogen and oxygen atoms in total. The Hall–Kier alpha value is 0.270. The summed E-state index contributed by atoms with van der Waals surface area (Å²) in [7, 11) is 0. The van der Waals surface area contributed by atoms with Crippen LogP contribution in [0.2, 0.25) is 0 Å². The van der Waals surface area contributed by atoms with Gasteiger partial charge in [0.25, 0.3) is 0 Å². The monoisotopic (exact) mass is 257 g/mol. The number of nitrogens with one attached hydrogen (secondary N) is 1. The molecular formula is C14H27NOS. The largest absolute Gasteiger partial charge is 0.368 e. The van der Waals surface area contributed by atoms with Gasteiger partial charge >= 0.3 is 0 Å². The normalized spacial score (nSPS) is 39.7. The first kappa shape index (κ1) is 13.7. The molecule has 2 saturated heterocycles. The van der Waals surface area contributed by atoms with E-state index in [9.17, 15) is 0 Å². The number of ether oxygens (including phenoxy) is 1. The molecule has 0 saturated carbocycles. The minimum Gasteiger partial charge on any atom is -0.368 e. The van der Waals surface area contributed by atoms with Crippen LogP contribution in [0.15, 0.2) is 0 Å². The van der Waals surface area contributed by atoms with E-state index >= 15 is 0 Å². The van der Waals surface area contributed by atoms with Crippen LogP contribution in [0, 0.1) is 0 Å². The number of hydrogen-bond donors (Lipinski definition) is 1. The Morgan fingerprint density at radius 1 is 1.24 bits per heavy atom. The van der Waals surface area contributed by atoms with Crippen LogP contribution in [-0.2, 0) is 4.74 Å². The highest BCUT2D eigenvalue weighted by Gasteiger charge is 2.46. The molecule has 1 N–H and O–H groups in total. The molecule has 2 heterocycles. The van der Waals surface area contributed by atoms with Gasteiger partial charge in [-0.15, -0.1) is 0 Å². The van der Waals surface area contributed by atoms with E-state index in [1.165, 1.54) is 18.6 Å². The molecule has 2 aliphatic heterocycles. The van der Waals surface area contributed by atoms with E-state index in [4.69, 9.17) is 4.74 Å². The summed E-state index contributed by atoms with van der Waals surface area (Å²) < 4.78 is 6.57. The van der Waals surface area contributed by atoms with Gasteiger partial charge < -0.3 is 10.1 Å². The fourth-order valence-electron chi connectivity index (χ4n) is 3.20. The van der Waals surface area contributed by atoms with Crippen molar-refractivity contribution in [1.82, 2.24) is 5.32 Å². The molecule has 0 amide bonds. The van der Waals surface area contributed by atoms with Crippen LogP contribution in [0.1, 0.15) is 53.9 Å². The van der Waals surface area contributed by atoms with Gasteiger partial charge in [0.2, 0.25) is 0 Å². The van der Waals surface area contributed by atoms with Gasteiger partial charge in [0.05, 0.1) is 11.2 Å². The van der Waals surface area contributed by atoms with Crippen LogP contribution in [0.3, 0.4) is 0 Å². The van der Waals surface area contributed by atoms with Crippen LogP contribution in [0.5, 0.6) is 0 Å². The van der Waals surface area contributed by atoms with Gasteiger partial charge in [-0.05, 0) is 59.6 Å². The first-order chi connectivity index (χ1) is 7.73. The Bertz CT molecular complexity index is 282. The van der Waals surface area contributed by atoms with E-state index in [0.717, 1.165) is 13.0 Å². The Labute approximate surface area is 110 Å². The molecular weight excluding hydrogens is 230 g/mol. The Balaban J connectivity index is 1.91. The summed E-state index contributed by atoms with van der Waals surface area (Å²) in [5.41, 5.74) is -0.0198. The zero-order chi connectivity index (χ0) is 12.7. The molecule has 0 aromatic rings. The van der Waals surface area contributed by atoms with E-state index in [0.29, 0.717) is 10.8 Å². The van der Waals surface area contributed by atoms with Crippen molar-refractivity contribution < 1.29 is 4.74 Å². The minimum absolute atomic E-state index is 0.0187. The predicted octanol–water partition coefficient (Wildman–Crippen LogP) is 3.21. The fourth-order valence-corrected chi connectivity index (χ4v) is 4.45. The predicted molar refractivity (Wildman–Crippen MR) is 75.7 cm³/mol. The summed E-state index contributed by atoms with van der Waals surface area (Å²) in [5, 5.41) is 3.76. The molecule has 2 rings (SSSR count). The standard InChI is InChI=1S/C14H27NOS/c1-12(2)9-11(13(3,4)16-12)15-10-14(5)7-6-8-17-14/h11,15H,6-10H2,1-5H3. The highest BCUT2D eigenvalue weighted by molar-refractivity contribution is 8.00. The van der Waals surface area contributed by atoms with E-state index in [1.54, 1.807) is 0 Å². The quantitative estimate of drug-likeness (QED) is 0.839. The van der Waals surface area contributed by atoms with Crippen molar-refractivity contribution in [2.45, 2.75) is 75.9 Å². The SMILES string of the molecule is CC1(C)CC(NCC2(C)CCCS2)C(C)(C)O1. The van der Waals surface area contributed by atoms with Crippen molar-refractivity contribution in [2.75, 3.05) is 12.3 Å². The summed E-state index contributed by atoms with van der Waals surface area (Å²) in [4.78, 5) is 0. The van der Waals surface area contributed by atoms with Gasteiger partial charge in [-0.2, -0.15) is 11.8 Å². The lowest BCUT2D eigenvalue weighted by molar-refractivity contribution is -0.0698. The van der Waals surface area contributed by atoms with Gasteiger partial charge in [0, 0.05) is 17.3 Å². The average Bonchev–Trinajstić information content (AvgIpc) is 2.65. The molecule has 3 heteroatoms. The lowest BCUT2D eigenvalue weighted by Gasteiger charge is -2.31. The lowest BCUT2D eigenvalue weighted by atomic mass is 9.93. The van der Waals surface area contributed by atoms with Crippen molar-refractivity contribution in [3.8, 4) is 0 Å². The van der Waals surface area contributed by atoms with Crippen LogP contribution in [0.4, 0.5) is 0 Å². The maximum Gasteiger partial charge on any atom is 0.0787 e. The average molecular weight is 257 g/mol. The molecule has 0 bridgehead atoms. The van der Waals surface area contributed by atoms with Crippen molar-refractivity contribution >= 4 is 11.8 Å². The lowest BCUT2D eigenvalue weighted by Crippen LogP contribution is -2.47. The van der Waals surface area contributed by atoms with Crippen molar-refractivity contribution in [3.63, 3.8) is 0 Å². The first-order valence-corrected chi connectivity index (χ1v) is 7.79. The van der Waals surface area contributed by atoms with Gasteiger partial charge in [-0.25, -0.2) is 0 Å². The van der Waals surface area contributed by atoms with E-state index in [-0.39, 0.29) is 11.2 Å². The summed E-state index contributed by atoms with van der Waals surface area (Å²) >= 11 is 2.12. The van der Waals surface area contributed by atoms with Crippen molar-refractivity contribution in [2.24, 2.45) is 0 Å². The molecule has 2 atom stereocenters. The molecule has 0 aromatic heterocycles. The van der Waals surface area contributed by atoms with Crippen molar-refractivity contribution in [3.05, 3.63) is 0 Å². The molecule has 0 spiro atoms. The highest BCUT2D eigenvalue weighted by atomic mass is 32.2. The summed E-state index contributed by atoms with van der Waals surface area (Å²) in [5.74, 6) is 1.33. The first-order valence-electron chi connectivity index (χ1n) is 6.80. The Morgan fingerprint density at radius 3 is 2.41 bits per heavy atom. The second kappa shape index (κ2) is 4.43. The molecule has 0 radical (unpaired) electrons. The minimum atomic E-state index is -0.0386. The summed E-state index contributed by atoms with van der Waals surface area (Å²) in [6.07, 6.45) is 3.84. The van der Waals surface area contributed by atoms with Crippen LogP contribution < -0.4 is 5.32 Å². The second-order valence-corrected chi connectivity index (χ2v) is 8.69. The number of hydrogen-bond acceptors (Lipinski definition) is 3. The zero-order valence-electron chi connectivity index (χ0n) is 11.9. The smallest absolute Gasteiger partial charge is 0.0787 e. The second-order valence-electron chi connectivity index (χ2n) is 7.00. The van der Waals surface area contributed by atoms with Gasteiger partial charge in [0.1, 0.15) is 0 Å². The Kier molecular flexibility index (Phi) is 3.57. The van der Waals surface area contributed by atoms with Crippen LogP contribution in [-0.4, -0.2) is 34.3 Å². The summed E-state index contributed by atoms with van der Waals surface area (Å²) in [6.45, 7) is 12.3. The molecule has 2 aliphatic rings. The maximum absolute atomic E-state index is 6.13. The van der Waals surface area contributed by atoms with E-state index in [2.05, 4.69) is 51.7 Å². The maximum atomic E-state index is 6.13. The topological polar surface area (TPSA) is 21.3 Å². The third-order valence-corrected chi connectivity index (χ3v) is 5.64. The van der Waals surface area contributed by atoms with Gasteiger partial charge in [-0.3, -0.25) is 0 Å². The van der Waals surface area contributed by atoms with Crippen LogP contribution in [0.25, 0.3) is 0 Å². The molecule has 2 fully saturated rings.